The van der Waals surface area contributed by atoms with Crippen molar-refractivity contribution >= 4 is 45.5 Å². The highest BCUT2D eigenvalue weighted by atomic mass is 16.5. The molecule has 0 spiro atoms. The Morgan fingerprint density at radius 1 is 0.419 bits per heavy atom. The fourth-order valence-electron chi connectivity index (χ4n) is 10.7. The minimum absolute atomic E-state index is 0.0154. The van der Waals surface area contributed by atoms with Crippen LogP contribution in [0.3, 0.4) is 0 Å². The van der Waals surface area contributed by atoms with Crippen LogP contribution in [0.2, 0.25) is 0 Å². The first-order chi connectivity index (χ1) is 30.1. The Kier molecular flexibility index (Phi) is 8.77. The molecule has 14 heteroatoms. The highest BCUT2D eigenvalue weighted by Gasteiger charge is 2.81. The third kappa shape index (κ3) is 4.74. The predicted octanol–water partition coefficient (Wildman–Crippen LogP) is 7.51. The molecule has 4 aliphatic rings. The molecular formula is C48H42N4O10. The maximum absolute atomic E-state index is 16.2. The third-order valence-corrected chi connectivity index (χ3v) is 13.1. The van der Waals surface area contributed by atoms with Crippen LogP contribution in [-0.4, -0.2) is 86.3 Å². The van der Waals surface area contributed by atoms with Gasteiger partial charge in [0.15, 0.2) is 11.3 Å². The van der Waals surface area contributed by atoms with Gasteiger partial charge in [0.05, 0.1) is 80.0 Å². The Bertz CT molecular complexity index is 2570. The van der Waals surface area contributed by atoms with E-state index in [9.17, 15) is 9.59 Å². The first-order valence-corrected chi connectivity index (χ1v) is 20.0. The second kappa shape index (κ2) is 14.0. The molecule has 0 N–H and O–H groups in total. The standard InChI is InChI=1S/C48H42N4O10/c1-57-39-31-11-7-8-12-32(31)40(58-2)36-24-50-46(56)52-26-38-37(41(59-3)33-13-9-10-14-34(33)42(38)60-4)25-51-45(55)49(23-35(36)39)47(50,29-19-15-27(16-20-29)43(53)61-5)48(51,52)30-21-17-28(18-22-30)44(54)62-6/h7-22H,23-26H2,1-6H3. The molecule has 0 bridgehead atoms. The maximum atomic E-state index is 16.2. The lowest BCUT2D eigenvalue weighted by molar-refractivity contribution is -0.0795. The van der Waals surface area contributed by atoms with Crippen molar-refractivity contribution in [2.75, 3.05) is 42.7 Å². The number of carbonyl (C=O) groups is 4. The minimum Gasteiger partial charge on any atom is -0.496 e. The second-order valence-electron chi connectivity index (χ2n) is 15.5. The van der Waals surface area contributed by atoms with E-state index in [1.54, 1.807) is 96.6 Å². The summed E-state index contributed by atoms with van der Waals surface area (Å²) in [5.41, 5.74) is 1.03. The zero-order chi connectivity index (χ0) is 43.2. The topological polar surface area (TPSA) is 137 Å². The molecule has 2 fully saturated rings. The molecule has 0 aliphatic carbocycles. The van der Waals surface area contributed by atoms with E-state index in [-0.39, 0.29) is 37.3 Å². The maximum Gasteiger partial charge on any atom is 0.337 e. The first kappa shape index (κ1) is 38.7. The average Bonchev–Trinajstić information content (AvgIpc) is 3.46. The van der Waals surface area contributed by atoms with Crippen molar-refractivity contribution < 1.29 is 47.6 Å². The van der Waals surface area contributed by atoms with Crippen LogP contribution in [0.25, 0.3) is 21.5 Å². The number of nitrogens with zero attached hydrogens (tertiary/aromatic N) is 4. The molecule has 4 amide bonds. The SMILES string of the molecule is COC(=O)c1ccc(C23N4Cc5c(c(OC)c6ccccc6c5OC)CN2C(=O)N2Cc5c(c(OC)c6ccccc6c5OC)CN(C4=O)C23c2ccc(C(=O)OC)cc2)cc1. The number of carbonyl (C=O) groups excluding carboxylic acids is 4. The fourth-order valence-corrected chi connectivity index (χ4v) is 10.7. The first-order valence-electron chi connectivity index (χ1n) is 20.0. The van der Waals surface area contributed by atoms with Crippen molar-refractivity contribution in [2.24, 2.45) is 0 Å². The lowest BCUT2D eigenvalue weighted by atomic mass is 9.79. The molecule has 0 unspecified atom stereocenters. The summed E-state index contributed by atoms with van der Waals surface area (Å²) in [6, 6.07) is 28.3. The number of amides is 4. The molecule has 14 nitrogen and oxygen atoms in total. The number of ether oxygens (including phenoxy) is 6. The van der Waals surface area contributed by atoms with Gasteiger partial charge in [-0.15, -0.1) is 0 Å². The zero-order valence-electron chi connectivity index (χ0n) is 34.9. The van der Waals surface area contributed by atoms with Crippen molar-refractivity contribution in [3.8, 4) is 23.0 Å². The van der Waals surface area contributed by atoms with E-state index in [0.717, 1.165) is 21.5 Å². The molecule has 0 saturated carbocycles. The quantitative estimate of drug-likeness (QED) is 0.142. The molecule has 6 aromatic carbocycles. The van der Waals surface area contributed by atoms with Crippen LogP contribution in [0.15, 0.2) is 97.1 Å². The molecule has 4 aliphatic heterocycles. The Labute approximate surface area is 356 Å². The fraction of sp³-hybridized carbons (Fsp3) is 0.250. The number of hydrogen-bond donors (Lipinski definition) is 0. The Hall–Kier alpha value is -7.48. The van der Waals surface area contributed by atoms with Crippen LogP contribution in [0.4, 0.5) is 9.59 Å². The van der Waals surface area contributed by atoms with Crippen molar-refractivity contribution in [3.63, 3.8) is 0 Å². The molecule has 4 heterocycles. The monoisotopic (exact) mass is 834 g/mol. The van der Waals surface area contributed by atoms with Gasteiger partial charge in [-0.3, -0.25) is 19.6 Å². The summed E-state index contributed by atoms with van der Waals surface area (Å²) in [4.78, 5) is 65.2. The second-order valence-corrected chi connectivity index (χ2v) is 15.5. The summed E-state index contributed by atoms with van der Waals surface area (Å²) < 4.78 is 35.1. The van der Waals surface area contributed by atoms with Gasteiger partial charge in [-0.1, -0.05) is 72.8 Å². The summed E-state index contributed by atoms with van der Waals surface area (Å²) in [6.07, 6.45) is 0. The van der Waals surface area contributed by atoms with Gasteiger partial charge in [-0.05, 0) is 24.3 Å². The molecule has 62 heavy (non-hydrogen) atoms. The van der Waals surface area contributed by atoms with Crippen molar-refractivity contribution in [1.82, 2.24) is 19.6 Å². The lowest BCUT2D eigenvalue weighted by Gasteiger charge is -2.49. The van der Waals surface area contributed by atoms with Gasteiger partial charge in [-0.25, -0.2) is 19.2 Å². The van der Waals surface area contributed by atoms with Crippen molar-refractivity contribution in [2.45, 2.75) is 37.5 Å². The van der Waals surface area contributed by atoms with Crippen LogP contribution >= 0.6 is 0 Å². The molecule has 2 saturated heterocycles. The Morgan fingerprint density at radius 2 is 0.677 bits per heavy atom. The van der Waals surface area contributed by atoms with Gasteiger partial charge in [0, 0.05) is 54.9 Å². The summed E-state index contributed by atoms with van der Waals surface area (Å²) in [5, 5.41) is 3.13. The van der Waals surface area contributed by atoms with Gasteiger partial charge >= 0.3 is 24.0 Å². The van der Waals surface area contributed by atoms with Crippen molar-refractivity contribution in [1.29, 1.82) is 0 Å². The number of fused-ring (bicyclic) bond motifs is 4. The van der Waals surface area contributed by atoms with E-state index >= 15 is 9.59 Å². The van der Waals surface area contributed by atoms with E-state index in [2.05, 4.69) is 0 Å². The molecule has 314 valence electrons. The van der Waals surface area contributed by atoms with Crippen LogP contribution in [-0.2, 0) is 47.0 Å². The Morgan fingerprint density at radius 3 is 0.903 bits per heavy atom. The zero-order valence-corrected chi connectivity index (χ0v) is 34.9. The van der Waals surface area contributed by atoms with Crippen LogP contribution in [0.1, 0.15) is 54.1 Å². The van der Waals surface area contributed by atoms with Gasteiger partial charge in [0.2, 0.25) is 0 Å². The van der Waals surface area contributed by atoms with Crippen LogP contribution in [0.5, 0.6) is 23.0 Å². The molecule has 6 aromatic rings. The minimum atomic E-state index is -1.66. The molecule has 0 atom stereocenters. The molecule has 0 aromatic heterocycles. The van der Waals surface area contributed by atoms with E-state index in [4.69, 9.17) is 28.4 Å². The van der Waals surface area contributed by atoms with Gasteiger partial charge in [-0.2, -0.15) is 0 Å². The smallest absolute Gasteiger partial charge is 0.337 e. The molecular weight excluding hydrogens is 793 g/mol. The molecule has 10 rings (SSSR count). The van der Waals surface area contributed by atoms with E-state index in [0.29, 0.717) is 56.4 Å². The van der Waals surface area contributed by atoms with Gasteiger partial charge in [0.25, 0.3) is 0 Å². The van der Waals surface area contributed by atoms with Gasteiger partial charge < -0.3 is 28.4 Å². The van der Waals surface area contributed by atoms with Crippen molar-refractivity contribution in [3.05, 3.63) is 142 Å². The highest BCUT2D eigenvalue weighted by molar-refractivity contribution is 6.00. The highest BCUT2D eigenvalue weighted by Crippen LogP contribution is 2.67. The van der Waals surface area contributed by atoms with E-state index < -0.39 is 35.3 Å². The summed E-state index contributed by atoms with van der Waals surface area (Å²) >= 11 is 0. The van der Waals surface area contributed by atoms with E-state index in [1.807, 2.05) is 48.5 Å². The number of urea groups is 2. The molecule has 0 radical (unpaired) electrons. The lowest BCUT2D eigenvalue weighted by Crippen LogP contribution is -2.62. The number of esters is 2. The summed E-state index contributed by atoms with van der Waals surface area (Å²) in [7, 11) is 9.01. The largest absolute Gasteiger partial charge is 0.496 e. The average molecular weight is 835 g/mol. The number of rotatable bonds is 8. The number of hydrogen-bond acceptors (Lipinski definition) is 10. The normalized spacial score (nSPS) is 19.7. The summed E-state index contributed by atoms with van der Waals surface area (Å²) in [6.45, 7) is -0.0618. The van der Waals surface area contributed by atoms with Gasteiger partial charge in [0.1, 0.15) is 23.0 Å². The third-order valence-electron chi connectivity index (χ3n) is 13.1. The summed E-state index contributed by atoms with van der Waals surface area (Å²) in [5.74, 6) is 1.11. The van der Waals surface area contributed by atoms with Crippen LogP contribution in [0, 0.1) is 0 Å². The van der Waals surface area contributed by atoms with Crippen LogP contribution < -0.4 is 18.9 Å². The Balaban J connectivity index is 1.35. The number of methoxy groups -OCH3 is 6. The van der Waals surface area contributed by atoms with E-state index in [1.165, 1.54) is 14.2 Å². The number of benzene rings is 6. The predicted molar refractivity (Wildman–Crippen MR) is 226 cm³/mol.